The average molecular weight is 385 g/mol. The predicted molar refractivity (Wildman–Crippen MR) is 102 cm³/mol. The lowest BCUT2D eigenvalue weighted by Gasteiger charge is -2.16. The van der Waals surface area contributed by atoms with Gasteiger partial charge in [-0.2, -0.15) is 0 Å². The van der Waals surface area contributed by atoms with E-state index in [0.29, 0.717) is 23.5 Å². The first-order valence-electron chi connectivity index (χ1n) is 9.01. The van der Waals surface area contributed by atoms with Crippen molar-refractivity contribution in [2.45, 2.75) is 39.3 Å². The highest BCUT2D eigenvalue weighted by Crippen LogP contribution is 2.14. The minimum atomic E-state index is -0.816. The van der Waals surface area contributed by atoms with Crippen LogP contribution in [0.15, 0.2) is 54.6 Å². The van der Waals surface area contributed by atoms with Gasteiger partial charge in [-0.25, -0.2) is 9.59 Å². The van der Waals surface area contributed by atoms with Gasteiger partial charge in [-0.1, -0.05) is 44.2 Å². The maximum atomic E-state index is 12.2. The van der Waals surface area contributed by atoms with Crippen LogP contribution in [0.1, 0.15) is 32.3 Å². The highest BCUT2D eigenvalue weighted by atomic mass is 16.6. The van der Waals surface area contributed by atoms with Gasteiger partial charge in [0.2, 0.25) is 0 Å². The number of rotatable bonds is 8. The number of amides is 1. The van der Waals surface area contributed by atoms with Crippen LogP contribution in [0.25, 0.3) is 0 Å². The molecule has 1 atom stereocenters. The molecule has 7 heteroatoms. The normalized spacial score (nSPS) is 11.2. The number of nitrogens with one attached hydrogen (secondary N) is 1. The SMILES string of the molecule is CCC(=O)Oc1ccc(COC(=O)N[C@@H](CC)C(=O)Oc2ccccc2)cc1. The van der Waals surface area contributed by atoms with Gasteiger partial charge in [-0.05, 0) is 36.2 Å². The van der Waals surface area contributed by atoms with Crippen molar-refractivity contribution in [1.82, 2.24) is 5.32 Å². The van der Waals surface area contributed by atoms with Crippen LogP contribution < -0.4 is 14.8 Å². The second-order valence-corrected chi connectivity index (χ2v) is 5.89. The molecule has 2 rings (SSSR count). The molecular weight excluding hydrogens is 362 g/mol. The van der Waals surface area contributed by atoms with Crippen LogP contribution in [-0.2, 0) is 20.9 Å². The van der Waals surface area contributed by atoms with Crippen LogP contribution >= 0.6 is 0 Å². The van der Waals surface area contributed by atoms with Crippen LogP contribution in [0, 0.1) is 0 Å². The van der Waals surface area contributed by atoms with E-state index >= 15 is 0 Å². The number of hydrogen-bond acceptors (Lipinski definition) is 6. The van der Waals surface area contributed by atoms with Gasteiger partial charge in [0, 0.05) is 6.42 Å². The topological polar surface area (TPSA) is 90.9 Å². The molecule has 28 heavy (non-hydrogen) atoms. The molecule has 1 amide bonds. The maximum Gasteiger partial charge on any atom is 0.408 e. The molecule has 0 aliphatic carbocycles. The third-order valence-corrected chi connectivity index (χ3v) is 3.76. The Morgan fingerprint density at radius 2 is 1.54 bits per heavy atom. The average Bonchev–Trinajstić information content (AvgIpc) is 2.72. The number of carbonyl (C=O) groups excluding carboxylic acids is 3. The Labute approximate surface area is 163 Å². The summed E-state index contributed by atoms with van der Waals surface area (Å²) in [4.78, 5) is 35.4. The molecule has 0 aliphatic rings. The molecule has 148 valence electrons. The number of alkyl carbamates (subject to hydrolysis) is 1. The molecule has 0 bridgehead atoms. The molecule has 0 spiro atoms. The first-order chi connectivity index (χ1) is 13.5. The number of esters is 2. The van der Waals surface area contributed by atoms with Gasteiger partial charge in [-0.15, -0.1) is 0 Å². The van der Waals surface area contributed by atoms with Gasteiger partial charge >= 0.3 is 18.0 Å². The number of para-hydroxylation sites is 1. The Bertz CT molecular complexity index is 788. The number of carbonyl (C=O) groups is 3. The third-order valence-electron chi connectivity index (χ3n) is 3.76. The maximum absolute atomic E-state index is 12.2. The Hall–Kier alpha value is -3.35. The van der Waals surface area contributed by atoms with E-state index in [9.17, 15) is 14.4 Å². The molecule has 0 radical (unpaired) electrons. The summed E-state index contributed by atoms with van der Waals surface area (Å²) in [6, 6.07) is 14.4. The van der Waals surface area contributed by atoms with Crippen molar-refractivity contribution in [2.24, 2.45) is 0 Å². The van der Waals surface area contributed by atoms with E-state index in [1.54, 1.807) is 62.4 Å². The number of ether oxygens (including phenoxy) is 3. The lowest BCUT2D eigenvalue weighted by Crippen LogP contribution is -2.42. The van der Waals surface area contributed by atoms with Crippen molar-refractivity contribution in [3.05, 3.63) is 60.2 Å². The second kappa shape index (κ2) is 10.7. The fourth-order valence-corrected chi connectivity index (χ4v) is 2.19. The quantitative estimate of drug-likeness (QED) is 0.551. The molecule has 0 saturated carbocycles. The van der Waals surface area contributed by atoms with Gasteiger partial charge in [0.25, 0.3) is 0 Å². The van der Waals surface area contributed by atoms with Crippen LogP contribution in [0.4, 0.5) is 4.79 Å². The molecule has 0 heterocycles. The van der Waals surface area contributed by atoms with Crippen molar-refractivity contribution >= 4 is 18.0 Å². The summed E-state index contributed by atoms with van der Waals surface area (Å²) in [5.74, 6) is -0.0520. The molecule has 1 N–H and O–H groups in total. The van der Waals surface area contributed by atoms with Gasteiger partial charge in [0.05, 0.1) is 0 Å². The minimum Gasteiger partial charge on any atom is -0.445 e. The molecular formula is C21H23NO6. The van der Waals surface area contributed by atoms with Gasteiger partial charge in [-0.3, -0.25) is 4.79 Å². The molecule has 2 aromatic carbocycles. The van der Waals surface area contributed by atoms with Crippen molar-refractivity contribution in [3.63, 3.8) is 0 Å². The zero-order chi connectivity index (χ0) is 20.4. The molecule has 0 aliphatic heterocycles. The largest absolute Gasteiger partial charge is 0.445 e. The van der Waals surface area contributed by atoms with E-state index < -0.39 is 18.1 Å². The minimum absolute atomic E-state index is 0.0119. The highest BCUT2D eigenvalue weighted by Gasteiger charge is 2.21. The van der Waals surface area contributed by atoms with E-state index in [-0.39, 0.29) is 19.0 Å². The molecule has 2 aromatic rings. The Morgan fingerprint density at radius 1 is 0.893 bits per heavy atom. The van der Waals surface area contributed by atoms with E-state index in [1.165, 1.54) is 0 Å². The standard InChI is InChI=1S/C21H23NO6/c1-3-18(20(24)28-16-8-6-5-7-9-16)22-21(25)26-14-15-10-12-17(13-11-15)27-19(23)4-2/h5-13,18H,3-4,14H2,1-2H3,(H,22,25)/t18-/m0/s1. The van der Waals surface area contributed by atoms with Gasteiger partial charge < -0.3 is 19.5 Å². The molecule has 7 nitrogen and oxygen atoms in total. The van der Waals surface area contributed by atoms with Crippen LogP contribution in [-0.4, -0.2) is 24.1 Å². The molecule has 0 saturated heterocycles. The second-order valence-electron chi connectivity index (χ2n) is 5.89. The highest BCUT2D eigenvalue weighted by molar-refractivity contribution is 5.82. The van der Waals surface area contributed by atoms with Gasteiger partial charge in [0.1, 0.15) is 24.1 Å². The third kappa shape index (κ3) is 6.75. The first kappa shape index (κ1) is 21.0. The predicted octanol–water partition coefficient (Wildman–Crippen LogP) is 3.61. The van der Waals surface area contributed by atoms with E-state index in [0.717, 1.165) is 0 Å². The molecule has 0 aromatic heterocycles. The fraction of sp³-hybridized carbons (Fsp3) is 0.286. The van der Waals surface area contributed by atoms with Crippen LogP contribution in [0.3, 0.4) is 0 Å². The van der Waals surface area contributed by atoms with Crippen molar-refractivity contribution < 1.29 is 28.6 Å². The zero-order valence-electron chi connectivity index (χ0n) is 15.8. The van der Waals surface area contributed by atoms with E-state index in [1.807, 2.05) is 6.07 Å². The summed E-state index contributed by atoms with van der Waals surface area (Å²) < 4.78 is 15.4. The van der Waals surface area contributed by atoms with E-state index in [4.69, 9.17) is 14.2 Å². The molecule has 0 fully saturated rings. The zero-order valence-corrected chi connectivity index (χ0v) is 15.8. The van der Waals surface area contributed by atoms with Crippen molar-refractivity contribution in [1.29, 1.82) is 0 Å². The Morgan fingerprint density at radius 3 is 2.14 bits per heavy atom. The Balaban J connectivity index is 1.81. The summed E-state index contributed by atoms with van der Waals surface area (Å²) in [7, 11) is 0. The Kier molecular flexibility index (Phi) is 8.02. The van der Waals surface area contributed by atoms with Crippen molar-refractivity contribution in [3.8, 4) is 11.5 Å². The monoisotopic (exact) mass is 385 g/mol. The summed E-state index contributed by atoms with van der Waals surface area (Å²) >= 11 is 0. The summed E-state index contributed by atoms with van der Waals surface area (Å²) in [6.07, 6.45) is -0.0763. The van der Waals surface area contributed by atoms with Crippen LogP contribution in [0.5, 0.6) is 11.5 Å². The van der Waals surface area contributed by atoms with Crippen LogP contribution in [0.2, 0.25) is 0 Å². The summed E-state index contributed by atoms with van der Waals surface area (Å²) in [5, 5.41) is 2.50. The lowest BCUT2D eigenvalue weighted by atomic mass is 10.2. The fourth-order valence-electron chi connectivity index (χ4n) is 2.19. The van der Waals surface area contributed by atoms with E-state index in [2.05, 4.69) is 5.32 Å². The smallest absolute Gasteiger partial charge is 0.408 e. The number of hydrogen-bond donors (Lipinski definition) is 1. The van der Waals surface area contributed by atoms with Gasteiger partial charge in [0.15, 0.2) is 0 Å². The molecule has 0 unspecified atom stereocenters. The number of benzene rings is 2. The lowest BCUT2D eigenvalue weighted by molar-refractivity contribution is -0.137. The first-order valence-corrected chi connectivity index (χ1v) is 9.01. The summed E-state index contributed by atoms with van der Waals surface area (Å²) in [5.41, 5.74) is 0.714. The summed E-state index contributed by atoms with van der Waals surface area (Å²) in [6.45, 7) is 3.48. The van der Waals surface area contributed by atoms with Crippen molar-refractivity contribution in [2.75, 3.05) is 0 Å².